The number of H-pyrrole nitrogens is 1. The molecule has 0 saturated carbocycles. The van der Waals surface area contributed by atoms with E-state index in [2.05, 4.69) is 15.0 Å². The SMILES string of the molecule is Nc1ccc2[nH]c(Cc3ccc(O)cc3)nc2n1. The Morgan fingerprint density at radius 3 is 2.61 bits per heavy atom. The number of phenolic OH excluding ortho intramolecular Hbond substituents is 1. The summed E-state index contributed by atoms with van der Waals surface area (Å²) < 4.78 is 0. The second-order valence-corrected chi connectivity index (χ2v) is 4.13. The summed E-state index contributed by atoms with van der Waals surface area (Å²) in [7, 11) is 0. The van der Waals surface area contributed by atoms with E-state index in [0.29, 0.717) is 17.9 Å². The summed E-state index contributed by atoms with van der Waals surface area (Å²) in [5, 5.41) is 9.22. The summed E-state index contributed by atoms with van der Waals surface area (Å²) >= 11 is 0. The summed E-state index contributed by atoms with van der Waals surface area (Å²) in [6.07, 6.45) is 0.663. The highest BCUT2D eigenvalue weighted by molar-refractivity contribution is 5.72. The van der Waals surface area contributed by atoms with E-state index in [1.54, 1.807) is 18.2 Å². The molecule has 0 atom stereocenters. The van der Waals surface area contributed by atoms with E-state index in [-0.39, 0.29) is 5.75 Å². The highest BCUT2D eigenvalue weighted by atomic mass is 16.3. The van der Waals surface area contributed by atoms with Gasteiger partial charge in [-0.2, -0.15) is 0 Å². The molecule has 3 aromatic rings. The van der Waals surface area contributed by atoms with Crippen molar-refractivity contribution in [2.45, 2.75) is 6.42 Å². The summed E-state index contributed by atoms with van der Waals surface area (Å²) in [6.45, 7) is 0. The molecule has 18 heavy (non-hydrogen) atoms. The number of nitrogens with two attached hydrogens (primary N) is 1. The first-order valence-corrected chi connectivity index (χ1v) is 5.60. The minimum atomic E-state index is 0.262. The number of hydrogen-bond donors (Lipinski definition) is 3. The van der Waals surface area contributed by atoms with Gasteiger partial charge in [-0.3, -0.25) is 0 Å². The predicted octanol–water partition coefficient (Wildman–Crippen LogP) is 1.84. The molecule has 90 valence electrons. The number of pyridine rings is 1. The molecule has 0 amide bonds. The molecule has 0 saturated heterocycles. The van der Waals surface area contributed by atoms with Crippen LogP contribution in [0, 0.1) is 0 Å². The monoisotopic (exact) mass is 240 g/mol. The highest BCUT2D eigenvalue weighted by Gasteiger charge is 2.05. The Balaban J connectivity index is 1.92. The molecule has 5 heteroatoms. The van der Waals surface area contributed by atoms with Crippen LogP contribution in [0.25, 0.3) is 11.2 Å². The molecule has 0 bridgehead atoms. The van der Waals surface area contributed by atoms with Crippen LogP contribution in [0.2, 0.25) is 0 Å². The van der Waals surface area contributed by atoms with E-state index in [0.717, 1.165) is 16.9 Å². The Hall–Kier alpha value is -2.56. The summed E-state index contributed by atoms with van der Waals surface area (Å²) in [5.74, 6) is 1.55. The van der Waals surface area contributed by atoms with Gasteiger partial charge in [0, 0.05) is 6.42 Å². The highest BCUT2D eigenvalue weighted by Crippen LogP contribution is 2.15. The normalized spacial score (nSPS) is 10.9. The lowest BCUT2D eigenvalue weighted by atomic mass is 10.1. The van der Waals surface area contributed by atoms with Crippen molar-refractivity contribution >= 4 is 17.0 Å². The van der Waals surface area contributed by atoms with Gasteiger partial charge in [0.05, 0.1) is 5.52 Å². The molecule has 0 fully saturated rings. The Bertz CT molecular complexity index is 688. The predicted molar refractivity (Wildman–Crippen MR) is 69.2 cm³/mol. The van der Waals surface area contributed by atoms with Crippen LogP contribution in [-0.4, -0.2) is 20.1 Å². The number of aromatic amines is 1. The minimum Gasteiger partial charge on any atom is -0.508 e. The lowest BCUT2D eigenvalue weighted by Crippen LogP contribution is -1.90. The smallest absolute Gasteiger partial charge is 0.179 e. The first kappa shape index (κ1) is 10.6. The zero-order valence-electron chi connectivity index (χ0n) is 9.59. The van der Waals surface area contributed by atoms with Crippen molar-refractivity contribution in [2.24, 2.45) is 0 Å². The maximum absolute atomic E-state index is 9.22. The number of rotatable bonds is 2. The Morgan fingerprint density at radius 2 is 1.83 bits per heavy atom. The fourth-order valence-corrected chi connectivity index (χ4v) is 1.85. The molecular formula is C13H12N4O. The second-order valence-electron chi connectivity index (χ2n) is 4.13. The van der Waals surface area contributed by atoms with Crippen molar-refractivity contribution in [1.82, 2.24) is 15.0 Å². The third-order valence-electron chi connectivity index (χ3n) is 2.72. The topological polar surface area (TPSA) is 87.8 Å². The van der Waals surface area contributed by atoms with Gasteiger partial charge in [0.15, 0.2) is 5.65 Å². The number of nitrogen functional groups attached to an aromatic ring is 1. The lowest BCUT2D eigenvalue weighted by molar-refractivity contribution is 0.475. The van der Waals surface area contributed by atoms with Crippen LogP contribution in [0.3, 0.4) is 0 Å². The van der Waals surface area contributed by atoms with Gasteiger partial charge in [0.1, 0.15) is 17.4 Å². The zero-order valence-corrected chi connectivity index (χ0v) is 9.59. The van der Waals surface area contributed by atoms with Crippen LogP contribution in [0.4, 0.5) is 5.82 Å². The number of imidazole rings is 1. The van der Waals surface area contributed by atoms with Crippen molar-refractivity contribution in [2.75, 3.05) is 5.73 Å². The first-order valence-electron chi connectivity index (χ1n) is 5.60. The van der Waals surface area contributed by atoms with Gasteiger partial charge >= 0.3 is 0 Å². The number of phenols is 1. The number of aromatic nitrogens is 3. The lowest BCUT2D eigenvalue weighted by Gasteiger charge is -1.97. The largest absolute Gasteiger partial charge is 0.508 e. The van der Waals surface area contributed by atoms with Gasteiger partial charge in [-0.15, -0.1) is 0 Å². The van der Waals surface area contributed by atoms with Crippen molar-refractivity contribution < 1.29 is 5.11 Å². The van der Waals surface area contributed by atoms with Crippen LogP contribution in [-0.2, 0) is 6.42 Å². The van der Waals surface area contributed by atoms with E-state index in [1.165, 1.54) is 0 Å². The number of hydrogen-bond acceptors (Lipinski definition) is 4. The number of fused-ring (bicyclic) bond motifs is 1. The summed E-state index contributed by atoms with van der Waals surface area (Å²) in [5.41, 5.74) is 8.18. The molecule has 0 radical (unpaired) electrons. The number of nitrogens with zero attached hydrogens (tertiary/aromatic N) is 2. The van der Waals surface area contributed by atoms with Crippen LogP contribution in [0.5, 0.6) is 5.75 Å². The molecule has 2 aromatic heterocycles. The van der Waals surface area contributed by atoms with Crippen molar-refractivity contribution in [3.63, 3.8) is 0 Å². The number of benzene rings is 1. The third-order valence-corrected chi connectivity index (χ3v) is 2.72. The van der Waals surface area contributed by atoms with Crippen molar-refractivity contribution in [3.05, 3.63) is 47.8 Å². The molecule has 4 N–H and O–H groups in total. The van der Waals surface area contributed by atoms with E-state index >= 15 is 0 Å². The quantitative estimate of drug-likeness (QED) is 0.637. The fraction of sp³-hybridized carbons (Fsp3) is 0.0769. The standard InChI is InChI=1S/C13H12N4O/c14-11-6-5-10-13(16-11)17-12(15-10)7-8-1-3-9(18)4-2-8/h1-6,18H,7H2,(H3,14,15,16,17). The van der Waals surface area contributed by atoms with Gasteiger partial charge in [-0.1, -0.05) is 12.1 Å². The second kappa shape index (κ2) is 4.03. The van der Waals surface area contributed by atoms with Crippen LogP contribution in [0.15, 0.2) is 36.4 Å². The van der Waals surface area contributed by atoms with Gasteiger partial charge in [-0.05, 0) is 29.8 Å². The summed E-state index contributed by atoms with van der Waals surface area (Å²) in [4.78, 5) is 11.7. The molecule has 2 heterocycles. The summed E-state index contributed by atoms with van der Waals surface area (Å²) in [6, 6.07) is 10.7. The Labute approximate surface area is 103 Å². The average molecular weight is 240 g/mol. The first-order chi connectivity index (χ1) is 8.70. The Morgan fingerprint density at radius 1 is 1.06 bits per heavy atom. The van der Waals surface area contributed by atoms with Gasteiger partial charge in [-0.25, -0.2) is 9.97 Å². The average Bonchev–Trinajstić information content (AvgIpc) is 2.73. The number of aromatic hydroxyl groups is 1. The van der Waals surface area contributed by atoms with E-state index < -0.39 is 0 Å². The van der Waals surface area contributed by atoms with Gasteiger partial charge in [0.2, 0.25) is 0 Å². The molecule has 0 spiro atoms. The fourth-order valence-electron chi connectivity index (χ4n) is 1.85. The maximum Gasteiger partial charge on any atom is 0.179 e. The zero-order chi connectivity index (χ0) is 12.5. The number of nitrogens with one attached hydrogen (secondary N) is 1. The van der Waals surface area contributed by atoms with Crippen LogP contribution < -0.4 is 5.73 Å². The van der Waals surface area contributed by atoms with E-state index in [4.69, 9.17) is 5.73 Å². The van der Waals surface area contributed by atoms with Crippen LogP contribution >= 0.6 is 0 Å². The molecule has 0 aliphatic carbocycles. The molecule has 5 nitrogen and oxygen atoms in total. The van der Waals surface area contributed by atoms with Crippen LogP contribution in [0.1, 0.15) is 11.4 Å². The van der Waals surface area contributed by atoms with E-state index in [9.17, 15) is 5.11 Å². The third kappa shape index (κ3) is 1.98. The van der Waals surface area contributed by atoms with E-state index in [1.807, 2.05) is 18.2 Å². The Kier molecular flexibility index (Phi) is 2.37. The molecule has 0 aliphatic heterocycles. The molecule has 3 rings (SSSR count). The minimum absolute atomic E-state index is 0.262. The number of anilines is 1. The maximum atomic E-state index is 9.22. The van der Waals surface area contributed by atoms with Crippen molar-refractivity contribution in [3.8, 4) is 5.75 Å². The molecule has 0 aliphatic rings. The van der Waals surface area contributed by atoms with Gasteiger partial charge in [0.25, 0.3) is 0 Å². The van der Waals surface area contributed by atoms with Crippen molar-refractivity contribution in [1.29, 1.82) is 0 Å². The molecule has 1 aromatic carbocycles. The van der Waals surface area contributed by atoms with Gasteiger partial charge < -0.3 is 15.8 Å². The molecular weight excluding hydrogens is 228 g/mol. The molecule has 0 unspecified atom stereocenters.